The molecule has 0 spiro atoms. The number of benzene rings is 2. The summed E-state index contributed by atoms with van der Waals surface area (Å²) in [5.41, 5.74) is 1.86. The third-order valence-corrected chi connectivity index (χ3v) is 4.90. The van der Waals surface area contributed by atoms with Gasteiger partial charge in [-0.2, -0.15) is 0 Å². The second-order valence-corrected chi connectivity index (χ2v) is 7.00. The maximum absolute atomic E-state index is 12.2. The normalized spacial score (nSPS) is 16.4. The van der Waals surface area contributed by atoms with Crippen LogP contribution in [0.5, 0.6) is 5.75 Å². The van der Waals surface area contributed by atoms with E-state index in [0.717, 1.165) is 30.0 Å². The molecule has 2 aromatic carbocycles. The van der Waals surface area contributed by atoms with Gasteiger partial charge >= 0.3 is 6.09 Å². The molecule has 0 aliphatic carbocycles. The van der Waals surface area contributed by atoms with Gasteiger partial charge < -0.3 is 9.47 Å². The Morgan fingerprint density at radius 3 is 2.41 bits per heavy atom. The molecule has 144 valence electrons. The van der Waals surface area contributed by atoms with E-state index in [-0.39, 0.29) is 12.2 Å². The molecule has 2 aromatic rings. The fourth-order valence-electron chi connectivity index (χ4n) is 3.31. The summed E-state index contributed by atoms with van der Waals surface area (Å²) in [6.07, 6.45) is 7.00. The summed E-state index contributed by atoms with van der Waals surface area (Å²) in [5, 5.41) is 0. The summed E-state index contributed by atoms with van der Waals surface area (Å²) in [4.78, 5) is 13.9. The zero-order valence-electron chi connectivity index (χ0n) is 16.1. The van der Waals surface area contributed by atoms with Crippen molar-refractivity contribution in [3.05, 3.63) is 60.2 Å². The van der Waals surface area contributed by atoms with E-state index in [0.29, 0.717) is 6.54 Å². The van der Waals surface area contributed by atoms with Gasteiger partial charge in [-0.1, -0.05) is 69.4 Å². The molecule has 27 heavy (non-hydrogen) atoms. The third kappa shape index (κ3) is 5.49. The van der Waals surface area contributed by atoms with Gasteiger partial charge in [0.2, 0.25) is 0 Å². The van der Waals surface area contributed by atoms with Crippen LogP contribution < -0.4 is 9.64 Å². The van der Waals surface area contributed by atoms with Gasteiger partial charge in [0, 0.05) is 5.69 Å². The minimum Gasteiger partial charge on any atom is -0.494 e. The number of ether oxygens (including phenoxy) is 2. The van der Waals surface area contributed by atoms with E-state index in [1.807, 2.05) is 54.6 Å². The lowest BCUT2D eigenvalue weighted by atomic mass is 10.1. The number of amides is 1. The van der Waals surface area contributed by atoms with Crippen molar-refractivity contribution < 1.29 is 14.3 Å². The van der Waals surface area contributed by atoms with Crippen LogP contribution in [0.3, 0.4) is 0 Å². The molecule has 0 radical (unpaired) electrons. The first-order valence-corrected chi connectivity index (χ1v) is 10.0. The lowest BCUT2D eigenvalue weighted by Gasteiger charge is -2.14. The van der Waals surface area contributed by atoms with E-state index in [1.54, 1.807) is 4.90 Å². The summed E-state index contributed by atoms with van der Waals surface area (Å²) < 4.78 is 11.3. The highest BCUT2D eigenvalue weighted by atomic mass is 16.6. The highest BCUT2D eigenvalue weighted by Crippen LogP contribution is 2.30. The SMILES string of the molecule is CCCCCCCCOc1ccc(N2C[C@@H](c3ccccc3)OC2=O)cc1. The molecule has 0 unspecified atom stereocenters. The number of hydrogen-bond acceptors (Lipinski definition) is 3. The highest BCUT2D eigenvalue weighted by molar-refractivity contribution is 5.89. The van der Waals surface area contributed by atoms with Crippen molar-refractivity contribution in [3.63, 3.8) is 0 Å². The predicted molar refractivity (Wildman–Crippen MR) is 108 cm³/mol. The fourth-order valence-corrected chi connectivity index (χ4v) is 3.31. The molecule has 1 atom stereocenters. The Morgan fingerprint density at radius 2 is 1.67 bits per heavy atom. The maximum atomic E-state index is 12.2. The van der Waals surface area contributed by atoms with Crippen LogP contribution in [0.25, 0.3) is 0 Å². The van der Waals surface area contributed by atoms with E-state index >= 15 is 0 Å². The lowest BCUT2D eigenvalue weighted by Crippen LogP contribution is -2.23. The van der Waals surface area contributed by atoms with Gasteiger partial charge in [-0.3, -0.25) is 4.90 Å². The average molecular weight is 367 g/mol. The van der Waals surface area contributed by atoms with Crippen molar-refractivity contribution in [1.29, 1.82) is 0 Å². The largest absolute Gasteiger partial charge is 0.494 e. The van der Waals surface area contributed by atoms with Gasteiger partial charge in [-0.15, -0.1) is 0 Å². The number of unbranched alkanes of at least 4 members (excludes halogenated alkanes) is 5. The Balaban J connectivity index is 1.46. The van der Waals surface area contributed by atoms with Crippen LogP contribution >= 0.6 is 0 Å². The fraction of sp³-hybridized carbons (Fsp3) is 0.435. The molecule has 1 heterocycles. The van der Waals surface area contributed by atoms with Gasteiger partial charge in [-0.25, -0.2) is 4.79 Å². The van der Waals surface area contributed by atoms with Gasteiger partial charge in [0.15, 0.2) is 0 Å². The Bertz CT molecular complexity index is 699. The van der Waals surface area contributed by atoms with Crippen LogP contribution in [-0.2, 0) is 4.74 Å². The number of rotatable bonds is 10. The van der Waals surface area contributed by atoms with E-state index < -0.39 is 0 Å². The number of anilines is 1. The monoisotopic (exact) mass is 367 g/mol. The van der Waals surface area contributed by atoms with Crippen molar-refractivity contribution in [3.8, 4) is 5.75 Å². The minimum absolute atomic E-state index is 0.220. The van der Waals surface area contributed by atoms with Crippen molar-refractivity contribution in [1.82, 2.24) is 0 Å². The second kappa shape index (κ2) is 10.0. The zero-order valence-corrected chi connectivity index (χ0v) is 16.1. The number of carbonyl (C=O) groups is 1. The first kappa shape index (κ1) is 19.3. The van der Waals surface area contributed by atoms with Gasteiger partial charge in [0.25, 0.3) is 0 Å². The molecule has 0 bridgehead atoms. The molecular formula is C23H29NO3. The van der Waals surface area contributed by atoms with Gasteiger partial charge in [0.1, 0.15) is 11.9 Å². The van der Waals surface area contributed by atoms with Crippen LogP contribution in [0.2, 0.25) is 0 Å². The molecule has 1 fully saturated rings. The Kier molecular flexibility index (Phi) is 7.14. The Morgan fingerprint density at radius 1 is 0.963 bits per heavy atom. The summed E-state index contributed by atoms with van der Waals surface area (Å²) in [6.45, 7) is 3.50. The van der Waals surface area contributed by atoms with E-state index in [4.69, 9.17) is 9.47 Å². The summed E-state index contributed by atoms with van der Waals surface area (Å²) >= 11 is 0. The number of hydrogen-bond donors (Lipinski definition) is 0. The second-order valence-electron chi connectivity index (χ2n) is 7.00. The van der Waals surface area contributed by atoms with Crippen molar-refractivity contribution in [2.75, 3.05) is 18.1 Å². The van der Waals surface area contributed by atoms with Gasteiger partial charge in [0.05, 0.1) is 13.2 Å². The molecule has 4 nitrogen and oxygen atoms in total. The highest BCUT2D eigenvalue weighted by Gasteiger charge is 2.33. The lowest BCUT2D eigenvalue weighted by molar-refractivity contribution is 0.142. The molecule has 4 heteroatoms. The third-order valence-electron chi connectivity index (χ3n) is 4.90. The first-order chi connectivity index (χ1) is 13.3. The van der Waals surface area contributed by atoms with Gasteiger partial charge in [-0.05, 0) is 36.2 Å². The molecule has 3 rings (SSSR count). The summed E-state index contributed by atoms with van der Waals surface area (Å²) in [6, 6.07) is 17.5. The molecule has 0 saturated carbocycles. The molecule has 1 amide bonds. The first-order valence-electron chi connectivity index (χ1n) is 10.0. The quantitative estimate of drug-likeness (QED) is 0.475. The maximum Gasteiger partial charge on any atom is 0.415 e. The Labute approximate surface area is 162 Å². The van der Waals surface area contributed by atoms with Crippen LogP contribution in [0.15, 0.2) is 54.6 Å². The van der Waals surface area contributed by atoms with Crippen molar-refractivity contribution >= 4 is 11.8 Å². The van der Waals surface area contributed by atoms with E-state index in [9.17, 15) is 4.79 Å². The number of cyclic esters (lactones) is 1. The van der Waals surface area contributed by atoms with Crippen LogP contribution in [0, 0.1) is 0 Å². The Hall–Kier alpha value is -2.49. The number of nitrogens with zero attached hydrogens (tertiary/aromatic N) is 1. The molecule has 0 N–H and O–H groups in total. The average Bonchev–Trinajstić information content (AvgIpc) is 3.10. The molecule has 1 saturated heterocycles. The zero-order chi connectivity index (χ0) is 18.9. The van der Waals surface area contributed by atoms with E-state index in [1.165, 1.54) is 32.1 Å². The predicted octanol–water partition coefficient (Wildman–Crippen LogP) is 6.12. The smallest absolute Gasteiger partial charge is 0.415 e. The molecule has 0 aromatic heterocycles. The molecular weight excluding hydrogens is 338 g/mol. The summed E-state index contributed by atoms with van der Waals surface area (Å²) in [5.74, 6) is 0.847. The van der Waals surface area contributed by atoms with Crippen LogP contribution in [0.1, 0.15) is 57.1 Å². The topological polar surface area (TPSA) is 38.8 Å². The number of carbonyl (C=O) groups excluding carboxylic acids is 1. The standard InChI is InChI=1S/C23H29NO3/c1-2-3-4-5-6-10-17-26-21-15-13-20(14-16-21)24-18-22(27-23(24)25)19-11-8-7-9-12-19/h7-9,11-16,22H,2-6,10,17-18H2,1H3/t22-/m0/s1. The van der Waals surface area contributed by atoms with Crippen molar-refractivity contribution in [2.45, 2.75) is 51.6 Å². The molecule has 1 aliphatic heterocycles. The van der Waals surface area contributed by atoms with Crippen molar-refractivity contribution in [2.24, 2.45) is 0 Å². The van der Waals surface area contributed by atoms with Crippen LogP contribution in [-0.4, -0.2) is 19.2 Å². The van der Waals surface area contributed by atoms with E-state index in [2.05, 4.69) is 6.92 Å². The molecule has 1 aliphatic rings. The minimum atomic E-state index is -0.301. The summed E-state index contributed by atoms with van der Waals surface area (Å²) in [7, 11) is 0. The van der Waals surface area contributed by atoms with Crippen LogP contribution in [0.4, 0.5) is 10.5 Å².